The van der Waals surface area contributed by atoms with E-state index in [9.17, 15) is 0 Å². The van der Waals surface area contributed by atoms with Crippen LogP contribution in [0.4, 0.5) is 0 Å². The minimum absolute atomic E-state index is 0.743. The van der Waals surface area contributed by atoms with Crippen LogP contribution < -0.4 is 10.6 Å². The van der Waals surface area contributed by atoms with Gasteiger partial charge in [0.25, 0.3) is 0 Å². The quantitative estimate of drug-likeness (QED) is 0.737. The molecule has 16 heavy (non-hydrogen) atoms. The first-order valence-corrected chi connectivity index (χ1v) is 6.35. The Morgan fingerprint density at radius 1 is 1.06 bits per heavy atom. The maximum absolute atomic E-state index is 6.06. The summed E-state index contributed by atoms with van der Waals surface area (Å²) in [7, 11) is 0. The van der Waals surface area contributed by atoms with Gasteiger partial charge in [0.2, 0.25) is 0 Å². The number of hydrogen-bond donors (Lipinski definition) is 2. The lowest BCUT2D eigenvalue weighted by atomic mass is 10.1. The van der Waals surface area contributed by atoms with Crippen LogP contribution in [0.2, 0.25) is 10.0 Å². The van der Waals surface area contributed by atoms with Crippen LogP contribution in [0.25, 0.3) is 0 Å². The zero-order valence-corrected chi connectivity index (χ0v) is 11.0. The Labute approximate surface area is 107 Å². The Morgan fingerprint density at radius 3 is 2.56 bits per heavy atom. The minimum atomic E-state index is 0.743. The third-order valence-corrected chi connectivity index (χ3v) is 2.91. The summed E-state index contributed by atoms with van der Waals surface area (Å²) in [6.07, 6.45) is 0.908. The van der Waals surface area contributed by atoms with Crippen molar-refractivity contribution in [1.29, 1.82) is 0 Å². The van der Waals surface area contributed by atoms with Crippen molar-refractivity contribution >= 4 is 23.2 Å². The summed E-state index contributed by atoms with van der Waals surface area (Å²) in [5.74, 6) is 0. The highest BCUT2D eigenvalue weighted by molar-refractivity contribution is 6.33. The van der Waals surface area contributed by atoms with Crippen LogP contribution >= 0.6 is 23.2 Å². The van der Waals surface area contributed by atoms with Crippen molar-refractivity contribution in [3.05, 3.63) is 33.8 Å². The van der Waals surface area contributed by atoms with Crippen molar-refractivity contribution < 1.29 is 0 Å². The molecule has 90 valence electrons. The number of halogens is 2. The summed E-state index contributed by atoms with van der Waals surface area (Å²) >= 11 is 12.0. The number of rotatable bonds is 7. The van der Waals surface area contributed by atoms with E-state index in [2.05, 4.69) is 17.6 Å². The van der Waals surface area contributed by atoms with E-state index in [1.54, 1.807) is 0 Å². The molecular weight excluding hydrogens is 243 g/mol. The molecular formula is C12H18Cl2N2. The molecule has 4 heteroatoms. The van der Waals surface area contributed by atoms with E-state index in [-0.39, 0.29) is 0 Å². The highest BCUT2D eigenvalue weighted by Crippen LogP contribution is 2.20. The number of hydrogen-bond acceptors (Lipinski definition) is 2. The molecule has 0 amide bonds. The predicted octanol–water partition coefficient (Wildman–Crippen LogP) is 2.74. The lowest BCUT2D eigenvalue weighted by Gasteiger charge is -2.07. The molecule has 0 aromatic heterocycles. The molecule has 0 bridgehead atoms. The Hall–Kier alpha value is -0.280. The summed E-state index contributed by atoms with van der Waals surface area (Å²) in [6.45, 7) is 6.02. The Bertz CT molecular complexity index is 316. The van der Waals surface area contributed by atoms with E-state index >= 15 is 0 Å². The summed E-state index contributed by atoms with van der Waals surface area (Å²) in [5.41, 5.74) is 1.10. The second-order valence-electron chi connectivity index (χ2n) is 3.59. The maximum atomic E-state index is 6.06. The van der Waals surface area contributed by atoms with Crippen molar-refractivity contribution in [2.45, 2.75) is 13.3 Å². The zero-order chi connectivity index (χ0) is 11.8. The molecule has 0 saturated carbocycles. The standard InChI is InChI=1S/C12H18Cl2N2/c1-2-15-7-8-16-6-5-10-9-11(13)3-4-12(10)14/h3-4,9,15-16H,2,5-8H2,1H3. The van der Waals surface area contributed by atoms with Gasteiger partial charge in [0.1, 0.15) is 0 Å². The van der Waals surface area contributed by atoms with Crippen molar-refractivity contribution in [1.82, 2.24) is 10.6 Å². The summed E-state index contributed by atoms with van der Waals surface area (Å²) < 4.78 is 0. The average Bonchev–Trinajstić information content (AvgIpc) is 2.28. The van der Waals surface area contributed by atoms with Gasteiger partial charge in [-0.2, -0.15) is 0 Å². The molecule has 0 fully saturated rings. The first-order chi connectivity index (χ1) is 7.74. The molecule has 1 rings (SSSR count). The molecule has 2 nitrogen and oxygen atoms in total. The minimum Gasteiger partial charge on any atom is -0.316 e. The fourth-order valence-electron chi connectivity index (χ4n) is 1.44. The van der Waals surface area contributed by atoms with Gasteiger partial charge in [-0.3, -0.25) is 0 Å². The average molecular weight is 261 g/mol. The van der Waals surface area contributed by atoms with Crippen LogP contribution in [0.15, 0.2) is 18.2 Å². The topological polar surface area (TPSA) is 24.1 Å². The van der Waals surface area contributed by atoms with Crippen LogP contribution in [0.3, 0.4) is 0 Å². The van der Waals surface area contributed by atoms with E-state index in [4.69, 9.17) is 23.2 Å². The Morgan fingerprint density at radius 2 is 1.81 bits per heavy atom. The van der Waals surface area contributed by atoms with Gasteiger partial charge >= 0.3 is 0 Å². The van der Waals surface area contributed by atoms with Crippen LogP contribution in [0, 0.1) is 0 Å². The molecule has 0 heterocycles. The third-order valence-electron chi connectivity index (χ3n) is 2.31. The molecule has 2 N–H and O–H groups in total. The first-order valence-electron chi connectivity index (χ1n) is 5.59. The molecule has 0 atom stereocenters. The Balaban J connectivity index is 2.23. The van der Waals surface area contributed by atoms with Gasteiger partial charge in [-0.05, 0) is 43.3 Å². The van der Waals surface area contributed by atoms with Crippen molar-refractivity contribution in [3.8, 4) is 0 Å². The molecule has 1 aromatic rings. The van der Waals surface area contributed by atoms with Gasteiger partial charge in [-0.1, -0.05) is 30.1 Å². The van der Waals surface area contributed by atoms with E-state index < -0.39 is 0 Å². The second kappa shape index (κ2) is 7.91. The van der Waals surface area contributed by atoms with Crippen LogP contribution in [0.1, 0.15) is 12.5 Å². The van der Waals surface area contributed by atoms with E-state index in [1.807, 2.05) is 18.2 Å². The molecule has 0 radical (unpaired) electrons. The highest BCUT2D eigenvalue weighted by atomic mass is 35.5. The molecule has 0 saturated heterocycles. The molecule has 1 aromatic carbocycles. The second-order valence-corrected chi connectivity index (χ2v) is 4.43. The fourth-order valence-corrected chi connectivity index (χ4v) is 1.84. The van der Waals surface area contributed by atoms with Crippen LogP contribution in [-0.4, -0.2) is 26.2 Å². The smallest absolute Gasteiger partial charge is 0.0439 e. The summed E-state index contributed by atoms with van der Waals surface area (Å²) in [6, 6.07) is 5.58. The molecule has 0 unspecified atom stereocenters. The van der Waals surface area contributed by atoms with Gasteiger partial charge in [-0.25, -0.2) is 0 Å². The van der Waals surface area contributed by atoms with Gasteiger partial charge in [0.15, 0.2) is 0 Å². The van der Waals surface area contributed by atoms with E-state index in [1.165, 1.54) is 0 Å². The molecule has 0 aliphatic heterocycles. The van der Waals surface area contributed by atoms with Gasteiger partial charge in [-0.15, -0.1) is 0 Å². The normalized spacial score (nSPS) is 10.7. The van der Waals surface area contributed by atoms with E-state index in [0.29, 0.717) is 0 Å². The highest BCUT2D eigenvalue weighted by Gasteiger charge is 2.00. The fraction of sp³-hybridized carbons (Fsp3) is 0.500. The van der Waals surface area contributed by atoms with Gasteiger partial charge in [0.05, 0.1) is 0 Å². The SMILES string of the molecule is CCNCCNCCc1cc(Cl)ccc1Cl. The number of benzene rings is 1. The molecule has 0 aliphatic carbocycles. The number of likely N-dealkylation sites (N-methyl/N-ethyl adjacent to an activating group) is 1. The monoisotopic (exact) mass is 260 g/mol. The summed E-state index contributed by atoms with van der Waals surface area (Å²) in [4.78, 5) is 0. The molecule has 0 spiro atoms. The Kier molecular flexibility index (Phi) is 6.81. The zero-order valence-electron chi connectivity index (χ0n) is 9.52. The van der Waals surface area contributed by atoms with Crippen molar-refractivity contribution in [2.75, 3.05) is 26.2 Å². The summed E-state index contributed by atoms with van der Waals surface area (Å²) in [5, 5.41) is 8.14. The predicted molar refractivity (Wildman–Crippen MR) is 71.6 cm³/mol. The number of nitrogens with one attached hydrogen (secondary N) is 2. The lowest BCUT2D eigenvalue weighted by molar-refractivity contribution is 0.624. The third kappa shape index (κ3) is 5.17. The lowest BCUT2D eigenvalue weighted by Crippen LogP contribution is -2.28. The van der Waals surface area contributed by atoms with Gasteiger partial charge < -0.3 is 10.6 Å². The van der Waals surface area contributed by atoms with Crippen molar-refractivity contribution in [3.63, 3.8) is 0 Å². The first kappa shape index (κ1) is 13.8. The van der Waals surface area contributed by atoms with Crippen LogP contribution in [0.5, 0.6) is 0 Å². The molecule has 0 aliphatic rings. The van der Waals surface area contributed by atoms with Crippen LogP contribution in [-0.2, 0) is 6.42 Å². The van der Waals surface area contributed by atoms with Gasteiger partial charge in [0, 0.05) is 23.1 Å². The van der Waals surface area contributed by atoms with Crippen molar-refractivity contribution in [2.24, 2.45) is 0 Å². The van der Waals surface area contributed by atoms with E-state index in [0.717, 1.165) is 48.2 Å². The maximum Gasteiger partial charge on any atom is 0.0439 e. The largest absolute Gasteiger partial charge is 0.316 e.